The molecule has 2 aromatic heterocycles. The zero-order valence-electron chi connectivity index (χ0n) is 20.5. The SMILES string of the molecule is Cc1c(C(=O)N2CCN(c3ccccn3)CC2)oc2ccc(S(=O)(=O)N3CC(C)CC(C)C3)cc12. The van der Waals surface area contributed by atoms with Crippen molar-refractivity contribution in [1.29, 1.82) is 0 Å². The lowest BCUT2D eigenvalue weighted by Gasteiger charge is -2.35. The van der Waals surface area contributed by atoms with E-state index in [-0.39, 0.29) is 16.6 Å². The molecule has 4 heterocycles. The summed E-state index contributed by atoms with van der Waals surface area (Å²) in [5, 5.41) is 0.666. The van der Waals surface area contributed by atoms with Crippen LogP contribution in [0.1, 0.15) is 36.4 Å². The van der Waals surface area contributed by atoms with Crippen molar-refractivity contribution in [2.75, 3.05) is 44.2 Å². The number of carbonyl (C=O) groups excluding carboxylic acids is 1. The Kier molecular flexibility index (Phi) is 6.31. The fourth-order valence-corrected chi connectivity index (χ4v) is 7.04. The molecule has 0 radical (unpaired) electrons. The third-order valence-electron chi connectivity index (χ3n) is 7.12. The van der Waals surface area contributed by atoms with E-state index in [9.17, 15) is 13.2 Å². The van der Waals surface area contributed by atoms with E-state index in [2.05, 4.69) is 23.7 Å². The smallest absolute Gasteiger partial charge is 0.290 e. The Morgan fingerprint density at radius 1 is 1.03 bits per heavy atom. The first-order valence-electron chi connectivity index (χ1n) is 12.2. The molecule has 1 aromatic carbocycles. The van der Waals surface area contributed by atoms with Crippen LogP contribution in [0.4, 0.5) is 5.82 Å². The van der Waals surface area contributed by atoms with Crippen LogP contribution in [0.3, 0.4) is 0 Å². The van der Waals surface area contributed by atoms with Crippen LogP contribution in [0.15, 0.2) is 51.9 Å². The number of rotatable bonds is 4. The van der Waals surface area contributed by atoms with Crippen LogP contribution >= 0.6 is 0 Å². The van der Waals surface area contributed by atoms with Crippen molar-refractivity contribution in [2.45, 2.75) is 32.1 Å². The largest absolute Gasteiger partial charge is 0.451 e. The van der Waals surface area contributed by atoms with E-state index >= 15 is 0 Å². The zero-order chi connectivity index (χ0) is 24.7. The first-order valence-corrected chi connectivity index (χ1v) is 13.7. The molecule has 2 unspecified atom stereocenters. The van der Waals surface area contributed by atoms with Gasteiger partial charge in [-0.1, -0.05) is 19.9 Å². The summed E-state index contributed by atoms with van der Waals surface area (Å²) in [5.74, 6) is 1.68. The number of aromatic nitrogens is 1. The van der Waals surface area contributed by atoms with Gasteiger partial charge in [-0.05, 0) is 55.5 Å². The number of furan rings is 1. The lowest BCUT2D eigenvalue weighted by atomic mass is 9.94. The van der Waals surface area contributed by atoms with Gasteiger partial charge >= 0.3 is 0 Å². The number of aryl methyl sites for hydroxylation is 1. The van der Waals surface area contributed by atoms with E-state index in [1.807, 2.05) is 25.1 Å². The minimum atomic E-state index is -3.62. The van der Waals surface area contributed by atoms with Crippen LogP contribution in [0, 0.1) is 18.8 Å². The first kappa shape index (κ1) is 23.8. The standard InChI is InChI=1S/C26H32N4O4S/c1-18-14-19(2)17-30(16-18)35(32,33)21-7-8-23-22(15-21)20(3)25(34-23)26(31)29-12-10-28(11-13-29)24-6-4-5-9-27-24/h4-9,15,18-19H,10-14,16-17H2,1-3H3. The number of sulfonamides is 1. The third-order valence-corrected chi connectivity index (χ3v) is 8.94. The Morgan fingerprint density at radius 2 is 1.74 bits per heavy atom. The van der Waals surface area contributed by atoms with Crippen LogP contribution in [0.25, 0.3) is 11.0 Å². The van der Waals surface area contributed by atoms with Gasteiger partial charge in [-0.2, -0.15) is 4.31 Å². The van der Waals surface area contributed by atoms with E-state index in [4.69, 9.17) is 4.42 Å². The maximum atomic E-state index is 13.4. The van der Waals surface area contributed by atoms with Gasteiger partial charge in [0, 0.05) is 56.4 Å². The Hall–Kier alpha value is -2.91. The molecule has 0 aliphatic carbocycles. The number of nitrogens with zero attached hydrogens (tertiary/aromatic N) is 4. The summed E-state index contributed by atoms with van der Waals surface area (Å²) in [6.07, 6.45) is 2.80. The Balaban J connectivity index is 1.36. The number of hydrogen-bond acceptors (Lipinski definition) is 6. The Labute approximate surface area is 206 Å². The number of amides is 1. The van der Waals surface area contributed by atoms with Gasteiger partial charge in [0.05, 0.1) is 4.90 Å². The maximum absolute atomic E-state index is 13.4. The van der Waals surface area contributed by atoms with E-state index in [1.165, 1.54) is 0 Å². The van der Waals surface area contributed by atoms with Crippen LogP contribution in [-0.4, -0.2) is 67.8 Å². The summed E-state index contributed by atoms with van der Waals surface area (Å²) >= 11 is 0. The molecule has 3 aromatic rings. The highest BCUT2D eigenvalue weighted by Crippen LogP contribution is 2.32. The highest BCUT2D eigenvalue weighted by atomic mass is 32.2. The minimum absolute atomic E-state index is 0.164. The third kappa shape index (κ3) is 4.54. The summed E-state index contributed by atoms with van der Waals surface area (Å²) in [6, 6.07) is 10.7. The highest BCUT2D eigenvalue weighted by molar-refractivity contribution is 7.89. The Morgan fingerprint density at radius 3 is 2.40 bits per heavy atom. The van der Waals surface area contributed by atoms with Gasteiger partial charge in [0.25, 0.3) is 5.91 Å². The topological polar surface area (TPSA) is 87.0 Å². The number of fused-ring (bicyclic) bond motifs is 1. The van der Waals surface area contributed by atoms with Crippen LogP contribution < -0.4 is 4.90 Å². The number of carbonyl (C=O) groups is 1. The molecule has 5 rings (SSSR count). The monoisotopic (exact) mass is 496 g/mol. The van der Waals surface area contributed by atoms with E-state index in [0.29, 0.717) is 67.6 Å². The van der Waals surface area contributed by atoms with E-state index in [0.717, 1.165) is 12.2 Å². The highest BCUT2D eigenvalue weighted by Gasteiger charge is 2.33. The molecule has 2 fully saturated rings. The summed E-state index contributed by atoms with van der Waals surface area (Å²) in [6.45, 7) is 9.59. The lowest BCUT2D eigenvalue weighted by molar-refractivity contribution is 0.0716. The molecule has 0 saturated carbocycles. The van der Waals surface area contributed by atoms with Crippen LogP contribution in [-0.2, 0) is 10.0 Å². The summed E-state index contributed by atoms with van der Waals surface area (Å²) in [7, 11) is -3.62. The predicted molar refractivity (Wildman–Crippen MR) is 135 cm³/mol. The molecular weight excluding hydrogens is 464 g/mol. The molecule has 0 spiro atoms. The average Bonchev–Trinajstić information content (AvgIpc) is 3.19. The second kappa shape index (κ2) is 9.28. The summed E-state index contributed by atoms with van der Waals surface area (Å²) < 4.78 is 34.3. The normalized spacial score (nSPS) is 22.0. The number of piperidine rings is 1. The van der Waals surface area contributed by atoms with Gasteiger partial charge < -0.3 is 14.2 Å². The molecule has 2 saturated heterocycles. The van der Waals surface area contributed by atoms with Gasteiger partial charge in [0.15, 0.2) is 5.76 Å². The van der Waals surface area contributed by atoms with Crippen molar-refractivity contribution in [3.8, 4) is 0 Å². The molecule has 2 aliphatic rings. The number of piperazine rings is 1. The van der Waals surface area contributed by atoms with Crippen molar-refractivity contribution in [1.82, 2.24) is 14.2 Å². The van der Waals surface area contributed by atoms with Gasteiger partial charge in [-0.3, -0.25) is 4.79 Å². The zero-order valence-corrected chi connectivity index (χ0v) is 21.3. The molecular formula is C26H32N4O4S. The first-order chi connectivity index (χ1) is 16.7. The second-order valence-corrected chi connectivity index (χ2v) is 11.9. The van der Waals surface area contributed by atoms with E-state index < -0.39 is 10.0 Å². The van der Waals surface area contributed by atoms with Crippen molar-refractivity contribution >= 4 is 32.7 Å². The fourth-order valence-electron chi connectivity index (χ4n) is 5.34. The van der Waals surface area contributed by atoms with E-state index in [1.54, 1.807) is 33.6 Å². The van der Waals surface area contributed by atoms with Crippen LogP contribution in [0.2, 0.25) is 0 Å². The molecule has 186 valence electrons. The van der Waals surface area contributed by atoms with Gasteiger partial charge in [-0.25, -0.2) is 13.4 Å². The average molecular weight is 497 g/mol. The lowest BCUT2D eigenvalue weighted by Crippen LogP contribution is -2.49. The Bertz CT molecular complexity index is 1320. The molecule has 2 aliphatic heterocycles. The number of hydrogen-bond donors (Lipinski definition) is 0. The fraction of sp³-hybridized carbons (Fsp3) is 0.462. The minimum Gasteiger partial charge on any atom is -0.451 e. The quantitative estimate of drug-likeness (QED) is 0.547. The summed E-state index contributed by atoms with van der Waals surface area (Å²) in [4.78, 5) is 21.9. The molecule has 1 amide bonds. The van der Waals surface area contributed by atoms with Crippen molar-refractivity contribution in [3.05, 3.63) is 53.9 Å². The predicted octanol–water partition coefficient (Wildman–Crippen LogP) is 3.77. The molecule has 0 bridgehead atoms. The maximum Gasteiger partial charge on any atom is 0.290 e. The molecule has 0 N–H and O–H groups in total. The van der Waals surface area contributed by atoms with Gasteiger partial charge in [0.1, 0.15) is 11.4 Å². The molecule has 35 heavy (non-hydrogen) atoms. The molecule has 2 atom stereocenters. The van der Waals surface area contributed by atoms with Crippen LogP contribution in [0.5, 0.6) is 0 Å². The van der Waals surface area contributed by atoms with Crippen molar-refractivity contribution < 1.29 is 17.6 Å². The number of pyridine rings is 1. The van der Waals surface area contributed by atoms with Gasteiger partial charge in [0.2, 0.25) is 10.0 Å². The van der Waals surface area contributed by atoms with Crippen molar-refractivity contribution in [2.24, 2.45) is 11.8 Å². The number of anilines is 1. The number of benzene rings is 1. The molecule has 9 heteroatoms. The van der Waals surface area contributed by atoms with Gasteiger partial charge in [-0.15, -0.1) is 0 Å². The molecule has 8 nitrogen and oxygen atoms in total. The second-order valence-electron chi connectivity index (χ2n) is 9.95. The van der Waals surface area contributed by atoms with Crippen molar-refractivity contribution in [3.63, 3.8) is 0 Å². The summed E-state index contributed by atoms with van der Waals surface area (Å²) in [5.41, 5.74) is 1.20.